The van der Waals surface area contributed by atoms with E-state index in [0.717, 1.165) is 28.8 Å². The first-order valence-corrected chi connectivity index (χ1v) is 9.15. The van der Waals surface area contributed by atoms with E-state index in [9.17, 15) is 14.7 Å². The molecule has 1 aliphatic heterocycles. The van der Waals surface area contributed by atoms with E-state index in [0.29, 0.717) is 19.6 Å². The van der Waals surface area contributed by atoms with E-state index < -0.39 is 11.8 Å². The van der Waals surface area contributed by atoms with E-state index in [1.807, 2.05) is 48.5 Å². The van der Waals surface area contributed by atoms with Gasteiger partial charge < -0.3 is 19.5 Å². The number of piperazine rings is 1. The smallest absolute Gasteiger partial charge is 0.408 e. The van der Waals surface area contributed by atoms with Crippen LogP contribution in [0.1, 0.15) is 6.42 Å². The number of nitrogens with zero attached hydrogens (tertiary/aromatic N) is 2. The average Bonchev–Trinajstić information content (AvgIpc) is 2.73. The lowest BCUT2D eigenvalue weighted by Crippen LogP contribution is -2.69. The molecule has 3 rings (SSSR count). The summed E-state index contributed by atoms with van der Waals surface area (Å²) in [6, 6.07) is 16.0. The van der Waals surface area contributed by atoms with Gasteiger partial charge in [-0.2, -0.15) is 0 Å². The summed E-state index contributed by atoms with van der Waals surface area (Å²) in [4.78, 5) is 26.3. The third-order valence-corrected chi connectivity index (χ3v) is 5.32. The van der Waals surface area contributed by atoms with Crippen LogP contribution < -0.4 is 15.0 Å². The molecule has 1 heterocycles. The zero-order valence-electron chi connectivity index (χ0n) is 16.1. The molecule has 7 heteroatoms. The van der Waals surface area contributed by atoms with Crippen LogP contribution in [0.3, 0.4) is 0 Å². The van der Waals surface area contributed by atoms with Crippen LogP contribution in [-0.4, -0.2) is 61.8 Å². The lowest BCUT2D eigenvalue weighted by Gasteiger charge is -2.49. The highest BCUT2D eigenvalue weighted by molar-refractivity contribution is 5.70. The fourth-order valence-corrected chi connectivity index (χ4v) is 3.71. The first kappa shape index (κ1) is 19.7. The molecule has 1 amide bonds. The second-order valence-electron chi connectivity index (χ2n) is 6.79. The largest absolute Gasteiger partial charge is 0.497 e. The molecule has 2 N–H and O–H groups in total. The topological polar surface area (TPSA) is 82.1 Å². The SMILES string of the molecule is CNC1(CC=O)CN(c2ccc(-c3cccc(OC)c3)cc2)CCN1C(=O)O. The predicted molar refractivity (Wildman–Crippen MR) is 108 cm³/mol. The minimum absolute atomic E-state index is 0.0915. The van der Waals surface area contributed by atoms with Gasteiger partial charge in [0.25, 0.3) is 0 Å². The maximum absolute atomic E-state index is 11.6. The van der Waals surface area contributed by atoms with Crippen LogP contribution in [0.15, 0.2) is 48.5 Å². The Morgan fingerprint density at radius 2 is 1.96 bits per heavy atom. The maximum Gasteiger partial charge on any atom is 0.408 e. The summed E-state index contributed by atoms with van der Waals surface area (Å²) in [6.07, 6.45) is -0.167. The molecule has 1 fully saturated rings. The molecule has 2 aromatic rings. The van der Waals surface area contributed by atoms with Gasteiger partial charge in [0.05, 0.1) is 13.7 Å². The van der Waals surface area contributed by atoms with Crippen LogP contribution in [0, 0.1) is 0 Å². The van der Waals surface area contributed by atoms with E-state index in [-0.39, 0.29) is 6.42 Å². The fraction of sp³-hybridized carbons (Fsp3) is 0.333. The monoisotopic (exact) mass is 383 g/mol. The van der Waals surface area contributed by atoms with Gasteiger partial charge in [0, 0.05) is 25.2 Å². The molecule has 0 bridgehead atoms. The number of methoxy groups -OCH3 is 1. The van der Waals surface area contributed by atoms with Crippen LogP contribution in [0.25, 0.3) is 11.1 Å². The summed E-state index contributed by atoms with van der Waals surface area (Å²) in [5.74, 6) is 0.805. The van der Waals surface area contributed by atoms with Gasteiger partial charge in [-0.15, -0.1) is 0 Å². The van der Waals surface area contributed by atoms with E-state index in [4.69, 9.17) is 4.74 Å². The van der Waals surface area contributed by atoms with Crippen molar-refractivity contribution in [3.8, 4) is 16.9 Å². The summed E-state index contributed by atoms with van der Waals surface area (Å²) in [5, 5.41) is 12.6. The van der Waals surface area contributed by atoms with Gasteiger partial charge in [0.2, 0.25) is 0 Å². The molecule has 28 heavy (non-hydrogen) atoms. The lowest BCUT2D eigenvalue weighted by atomic mass is 9.99. The lowest BCUT2D eigenvalue weighted by molar-refractivity contribution is -0.110. The Bertz CT molecular complexity index is 840. The van der Waals surface area contributed by atoms with Gasteiger partial charge in [-0.25, -0.2) is 4.79 Å². The van der Waals surface area contributed by atoms with Gasteiger partial charge in [0.1, 0.15) is 17.7 Å². The number of nitrogens with one attached hydrogen (secondary N) is 1. The highest BCUT2D eigenvalue weighted by Crippen LogP contribution is 2.29. The fourth-order valence-electron chi connectivity index (χ4n) is 3.71. The Morgan fingerprint density at radius 3 is 2.57 bits per heavy atom. The van der Waals surface area contributed by atoms with Crippen molar-refractivity contribution in [1.29, 1.82) is 0 Å². The van der Waals surface area contributed by atoms with Crippen LogP contribution in [0.5, 0.6) is 5.75 Å². The number of anilines is 1. The molecule has 2 aromatic carbocycles. The number of hydrogen-bond acceptors (Lipinski definition) is 5. The molecule has 0 radical (unpaired) electrons. The van der Waals surface area contributed by atoms with Crippen molar-refractivity contribution in [2.24, 2.45) is 0 Å². The van der Waals surface area contributed by atoms with Gasteiger partial charge in [-0.05, 0) is 42.4 Å². The standard InChI is InChI=1S/C21H25N3O4/c1-22-21(10-13-25)15-23(11-12-24(21)20(26)27)18-8-6-16(7-9-18)17-4-3-5-19(14-17)28-2/h3-9,13-14,22H,10-12,15H2,1-2H3,(H,26,27). The number of carboxylic acid groups (broad SMARTS) is 1. The van der Waals surface area contributed by atoms with Crippen LogP contribution >= 0.6 is 0 Å². The summed E-state index contributed by atoms with van der Waals surface area (Å²) >= 11 is 0. The zero-order chi connectivity index (χ0) is 20.1. The molecule has 1 saturated heterocycles. The van der Waals surface area contributed by atoms with E-state index in [1.54, 1.807) is 14.2 Å². The Labute approximate surface area is 164 Å². The molecular weight excluding hydrogens is 358 g/mol. The third-order valence-electron chi connectivity index (χ3n) is 5.32. The van der Waals surface area contributed by atoms with Crippen LogP contribution in [-0.2, 0) is 4.79 Å². The first-order chi connectivity index (χ1) is 13.5. The minimum Gasteiger partial charge on any atom is -0.497 e. The number of aldehydes is 1. The van der Waals surface area contributed by atoms with Crippen molar-refractivity contribution in [2.75, 3.05) is 38.7 Å². The molecule has 1 atom stereocenters. The molecule has 0 saturated carbocycles. The van der Waals surface area contributed by atoms with Crippen LogP contribution in [0.2, 0.25) is 0 Å². The quantitative estimate of drug-likeness (QED) is 0.747. The van der Waals surface area contributed by atoms with Gasteiger partial charge in [0.15, 0.2) is 0 Å². The Hall–Kier alpha value is -3.06. The van der Waals surface area contributed by atoms with E-state index in [2.05, 4.69) is 10.2 Å². The molecule has 148 valence electrons. The highest BCUT2D eigenvalue weighted by Gasteiger charge is 2.43. The molecule has 1 unspecified atom stereocenters. The van der Waals surface area contributed by atoms with Crippen molar-refractivity contribution < 1.29 is 19.4 Å². The third kappa shape index (κ3) is 3.80. The van der Waals surface area contributed by atoms with Crippen molar-refractivity contribution in [2.45, 2.75) is 12.1 Å². The summed E-state index contributed by atoms with van der Waals surface area (Å²) < 4.78 is 5.29. The number of ether oxygens (including phenoxy) is 1. The van der Waals surface area contributed by atoms with Crippen molar-refractivity contribution in [3.63, 3.8) is 0 Å². The summed E-state index contributed by atoms with van der Waals surface area (Å²) in [6.45, 7) is 1.28. The number of rotatable bonds is 6. The first-order valence-electron chi connectivity index (χ1n) is 9.15. The maximum atomic E-state index is 11.6. The Balaban J connectivity index is 1.83. The summed E-state index contributed by atoms with van der Waals surface area (Å²) in [5.41, 5.74) is 2.19. The number of carbonyl (C=O) groups excluding carboxylic acids is 1. The molecule has 0 aliphatic carbocycles. The van der Waals surface area contributed by atoms with E-state index >= 15 is 0 Å². The Kier molecular flexibility index (Phi) is 5.84. The summed E-state index contributed by atoms with van der Waals surface area (Å²) in [7, 11) is 3.33. The number of likely N-dealkylation sites (N-methyl/N-ethyl adjacent to an activating group) is 1. The van der Waals surface area contributed by atoms with Gasteiger partial charge >= 0.3 is 6.09 Å². The molecular formula is C21H25N3O4. The minimum atomic E-state index is -1.02. The van der Waals surface area contributed by atoms with Gasteiger partial charge in [-0.1, -0.05) is 24.3 Å². The van der Waals surface area contributed by atoms with Crippen molar-refractivity contribution in [1.82, 2.24) is 10.2 Å². The van der Waals surface area contributed by atoms with Gasteiger partial charge in [-0.3, -0.25) is 10.2 Å². The number of carbonyl (C=O) groups is 2. The normalized spacial score (nSPS) is 19.4. The van der Waals surface area contributed by atoms with Crippen molar-refractivity contribution >= 4 is 18.1 Å². The molecule has 1 aliphatic rings. The molecule has 7 nitrogen and oxygen atoms in total. The molecule has 0 aromatic heterocycles. The zero-order valence-corrected chi connectivity index (χ0v) is 16.1. The van der Waals surface area contributed by atoms with Crippen LogP contribution in [0.4, 0.5) is 10.5 Å². The second-order valence-corrected chi connectivity index (χ2v) is 6.79. The second kappa shape index (κ2) is 8.31. The Morgan fingerprint density at radius 1 is 1.21 bits per heavy atom. The van der Waals surface area contributed by atoms with Crippen molar-refractivity contribution in [3.05, 3.63) is 48.5 Å². The average molecular weight is 383 g/mol. The predicted octanol–water partition coefficient (Wildman–Crippen LogP) is 2.67. The number of benzene rings is 2. The molecule has 0 spiro atoms. The highest BCUT2D eigenvalue weighted by atomic mass is 16.5. The number of hydrogen-bond donors (Lipinski definition) is 2. The number of amides is 1. The van der Waals surface area contributed by atoms with E-state index in [1.165, 1.54) is 4.90 Å².